The Morgan fingerprint density at radius 3 is 2.41 bits per heavy atom. The Hall–Kier alpha value is -1.79. The van der Waals surface area contributed by atoms with Gasteiger partial charge in [-0.25, -0.2) is 0 Å². The molecule has 0 radical (unpaired) electrons. The SMILES string of the molecule is CC.CC.COCc1c(C(O)C=O)cc2n(c1=O)CCC2=O. The standard InChI is InChI=1S/C12H13NO5.2C2H6/c1-18-6-8-7(11(16)5-14)4-9-10(15)2-3-13(9)12(8)17;2*1-2/h4-5,11,16H,2-3,6H2,1H3;2*1-2H3. The Morgan fingerprint density at radius 2 is 1.91 bits per heavy atom. The number of aromatic nitrogens is 1. The number of aliphatic hydroxyl groups is 1. The predicted octanol–water partition coefficient (Wildman–Crippen LogP) is 1.87. The number of Topliss-reactive ketones (excluding diaryl/α,β-unsaturated/α-hetero) is 1. The van der Waals surface area contributed by atoms with Gasteiger partial charge >= 0.3 is 0 Å². The van der Waals surface area contributed by atoms with Crippen LogP contribution in [0.4, 0.5) is 0 Å². The normalized spacial score (nSPS) is 13.3. The van der Waals surface area contributed by atoms with E-state index in [4.69, 9.17) is 4.74 Å². The van der Waals surface area contributed by atoms with E-state index in [0.29, 0.717) is 12.8 Å². The topological polar surface area (TPSA) is 85.6 Å². The molecule has 1 atom stereocenters. The highest BCUT2D eigenvalue weighted by Crippen LogP contribution is 2.20. The summed E-state index contributed by atoms with van der Waals surface area (Å²) < 4.78 is 6.26. The van der Waals surface area contributed by atoms with Crippen LogP contribution in [0.25, 0.3) is 0 Å². The third-order valence-corrected chi connectivity index (χ3v) is 3.02. The Bertz CT molecular complexity index is 562. The Labute approximate surface area is 130 Å². The summed E-state index contributed by atoms with van der Waals surface area (Å²) in [6, 6.07) is 1.41. The third-order valence-electron chi connectivity index (χ3n) is 3.02. The van der Waals surface area contributed by atoms with Crippen molar-refractivity contribution in [3.05, 3.63) is 33.2 Å². The van der Waals surface area contributed by atoms with Crippen molar-refractivity contribution in [1.29, 1.82) is 0 Å². The maximum atomic E-state index is 12.1. The lowest BCUT2D eigenvalue weighted by atomic mass is 10.0. The minimum atomic E-state index is -1.41. The molecule has 1 aromatic heterocycles. The van der Waals surface area contributed by atoms with Crippen LogP contribution < -0.4 is 5.56 Å². The van der Waals surface area contributed by atoms with Gasteiger partial charge < -0.3 is 19.2 Å². The lowest BCUT2D eigenvalue weighted by Crippen LogP contribution is -2.27. The van der Waals surface area contributed by atoms with Gasteiger partial charge in [0.1, 0.15) is 6.10 Å². The van der Waals surface area contributed by atoms with Crippen molar-refractivity contribution in [3.63, 3.8) is 0 Å². The highest BCUT2D eigenvalue weighted by atomic mass is 16.5. The van der Waals surface area contributed by atoms with Crippen LogP contribution in [-0.2, 0) is 22.7 Å². The van der Waals surface area contributed by atoms with Gasteiger partial charge in [-0.15, -0.1) is 0 Å². The molecule has 0 saturated carbocycles. The van der Waals surface area contributed by atoms with Crippen molar-refractivity contribution in [2.45, 2.75) is 53.4 Å². The number of fused-ring (bicyclic) bond motifs is 1. The number of hydrogen-bond acceptors (Lipinski definition) is 5. The Kier molecular flexibility index (Phi) is 9.21. The van der Waals surface area contributed by atoms with E-state index in [2.05, 4.69) is 0 Å². The predicted molar refractivity (Wildman–Crippen MR) is 84.1 cm³/mol. The smallest absolute Gasteiger partial charge is 0.257 e. The number of pyridine rings is 1. The van der Waals surface area contributed by atoms with Gasteiger partial charge in [-0.2, -0.15) is 0 Å². The summed E-state index contributed by atoms with van der Waals surface area (Å²) in [7, 11) is 1.42. The number of ether oxygens (including phenoxy) is 1. The second-order valence-electron chi connectivity index (χ2n) is 4.11. The molecule has 1 aliphatic rings. The zero-order valence-corrected chi connectivity index (χ0v) is 13.9. The average Bonchev–Trinajstić information content (AvgIpc) is 2.94. The average molecular weight is 311 g/mol. The summed E-state index contributed by atoms with van der Waals surface area (Å²) >= 11 is 0. The molecular weight excluding hydrogens is 286 g/mol. The number of hydrogen-bond donors (Lipinski definition) is 1. The lowest BCUT2D eigenvalue weighted by Gasteiger charge is -2.13. The monoisotopic (exact) mass is 311 g/mol. The van der Waals surface area contributed by atoms with E-state index < -0.39 is 6.10 Å². The van der Waals surface area contributed by atoms with E-state index in [-0.39, 0.29) is 41.2 Å². The quantitative estimate of drug-likeness (QED) is 0.858. The molecule has 0 amide bonds. The van der Waals surface area contributed by atoms with Crippen molar-refractivity contribution < 1.29 is 19.4 Å². The van der Waals surface area contributed by atoms with Gasteiger partial charge in [-0.1, -0.05) is 27.7 Å². The molecule has 2 rings (SSSR count). The number of aldehydes is 1. The Morgan fingerprint density at radius 1 is 1.32 bits per heavy atom. The van der Waals surface area contributed by atoms with Crippen molar-refractivity contribution in [2.75, 3.05) is 7.11 Å². The van der Waals surface area contributed by atoms with Crippen molar-refractivity contribution >= 4 is 12.1 Å². The molecular formula is C16H25NO5. The van der Waals surface area contributed by atoms with Gasteiger partial charge in [0.25, 0.3) is 5.56 Å². The first-order chi connectivity index (χ1) is 10.6. The van der Waals surface area contributed by atoms with Crippen molar-refractivity contribution in [3.8, 4) is 0 Å². The van der Waals surface area contributed by atoms with E-state index in [1.807, 2.05) is 27.7 Å². The van der Waals surface area contributed by atoms with Gasteiger partial charge in [0.2, 0.25) is 0 Å². The molecule has 6 heteroatoms. The molecule has 2 heterocycles. The van der Waals surface area contributed by atoms with E-state index in [1.54, 1.807) is 0 Å². The summed E-state index contributed by atoms with van der Waals surface area (Å²) in [4.78, 5) is 34.4. The third kappa shape index (κ3) is 4.11. The van der Waals surface area contributed by atoms with Gasteiger partial charge in [-0.05, 0) is 6.07 Å². The molecule has 1 aliphatic heterocycles. The summed E-state index contributed by atoms with van der Waals surface area (Å²) in [6.45, 7) is 8.33. The summed E-state index contributed by atoms with van der Waals surface area (Å²) in [5.41, 5.74) is 0.237. The highest BCUT2D eigenvalue weighted by Gasteiger charge is 2.26. The van der Waals surface area contributed by atoms with Crippen LogP contribution in [0.15, 0.2) is 10.9 Å². The zero-order valence-electron chi connectivity index (χ0n) is 13.9. The van der Waals surface area contributed by atoms with Crippen LogP contribution in [0.3, 0.4) is 0 Å². The number of aliphatic hydroxyl groups excluding tert-OH is 1. The van der Waals surface area contributed by atoms with Crippen LogP contribution in [0.2, 0.25) is 0 Å². The molecule has 0 saturated heterocycles. The number of rotatable bonds is 4. The lowest BCUT2D eigenvalue weighted by molar-refractivity contribution is -0.115. The highest BCUT2D eigenvalue weighted by molar-refractivity contribution is 5.96. The molecule has 22 heavy (non-hydrogen) atoms. The molecule has 0 spiro atoms. The number of carbonyl (C=O) groups excluding carboxylic acids is 2. The van der Waals surface area contributed by atoms with Crippen LogP contribution in [-0.4, -0.2) is 28.9 Å². The number of carbonyl (C=O) groups is 2. The molecule has 1 unspecified atom stereocenters. The van der Waals surface area contributed by atoms with Gasteiger partial charge in [-0.3, -0.25) is 9.59 Å². The molecule has 1 aromatic rings. The number of methoxy groups -OCH3 is 1. The largest absolute Gasteiger partial charge is 0.381 e. The van der Waals surface area contributed by atoms with Crippen LogP contribution in [0.5, 0.6) is 0 Å². The summed E-state index contributed by atoms with van der Waals surface area (Å²) in [5.74, 6) is -0.157. The molecule has 6 nitrogen and oxygen atoms in total. The van der Waals surface area contributed by atoms with Crippen LogP contribution in [0, 0.1) is 0 Å². The Balaban J connectivity index is 0.00000102. The van der Waals surface area contributed by atoms with Gasteiger partial charge in [0.15, 0.2) is 12.1 Å². The van der Waals surface area contributed by atoms with E-state index in [9.17, 15) is 19.5 Å². The molecule has 124 valence electrons. The fourth-order valence-electron chi connectivity index (χ4n) is 2.13. The van der Waals surface area contributed by atoms with E-state index in [0.717, 1.165) is 0 Å². The molecule has 0 aliphatic carbocycles. The number of ketones is 1. The first-order valence-corrected chi connectivity index (χ1v) is 7.52. The number of nitrogens with zero attached hydrogens (tertiary/aromatic N) is 1. The zero-order chi connectivity index (χ0) is 17.3. The molecule has 0 fully saturated rings. The maximum Gasteiger partial charge on any atom is 0.257 e. The molecule has 0 bridgehead atoms. The summed E-state index contributed by atoms with van der Waals surface area (Å²) in [6.07, 6.45) is -0.825. The van der Waals surface area contributed by atoms with Gasteiger partial charge in [0.05, 0.1) is 12.3 Å². The fourth-order valence-corrected chi connectivity index (χ4v) is 2.13. The van der Waals surface area contributed by atoms with Crippen molar-refractivity contribution in [2.24, 2.45) is 0 Å². The van der Waals surface area contributed by atoms with Crippen molar-refractivity contribution in [1.82, 2.24) is 4.57 Å². The van der Waals surface area contributed by atoms with E-state index >= 15 is 0 Å². The maximum absolute atomic E-state index is 12.1. The second kappa shape index (κ2) is 10.0. The minimum Gasteiger partial charge on any atom is -0.381 e. The first-order valence-electron chi connectivity index (χ1n) is 7.52. The fraction of sp³-hybridized carbons (Fsp3) is 0.562. The summed E-state index contributed by atoms with van der Waals surface area (Å²) in [5, 5.41) is 9.60. The molecule has 0 aromatic carbocycles. The molecule has 1 N–H and O–H groups in total. The van der Waals surface area contributed by atoms with Crippen LogP contribution >= 0.6 is 0 Å². The van der Waals surface area contributed by atoms with Crippen LogP contribution in [0.1, 0.15) is 61.8 Å². The second-order valence-corrected chi connectivity index (χ2v) is 4.11. The van der Waals surface area contributed by atoms with E-state index in [1.165, 1.54) is 17.7 Å². The van der Waals surface area contributed by atoms with Gasteiger partial charge in [0, 0.05) is 31.2 Å². The minimum absolute atomic E-state index is 0.00641. The first kappa shape index (κ1) is 20.2.